The summed E-state index contributed by atoms with van der Waals surface area (Å²) in [6, 6.07) is 3.61. The molecule has 0 aromatic heterocycles. The summed E-state index contributed by atoms with van der Waals surface area (Å²) in [6.45, 7) is 1.43. The van der Waals surface area contributed by atoms with Crippen molar-refractivity contribution < 1.29 is 22.6 Å². The standard InChI is InChI=1S/C12H15ClF3NO2/c1-18-6-7-19-5-4-17-11-3-2-9(13)8-10(11)12(14,15)16/h2-3,8,17H,4-7H2,1H3. The molecule has 0 aliphatic heterocycles. The average Bonchev–Trinajstić information content (AvgIpc) is 2.34. The van der Waals surface area contributed by atoms with E-state index in [1.54, 1.807) is 7.11 Å². The molecule has 0 saturated heterocycles. The highest BCUT2D eigenvalue weighted by atomic mass is 35.5. The van der Waals surface area contributed by atoms with Crippen LogP contribution in [-0.2, 0) is 15.7 Å². The molecule has 0 bridgehead atoms. The van der Waals surface area contributed by atoms with E-state index in [9.17, 15) is 13.2 Å². The summed E-state index contributed by atoms with van der Waals surface area (Å²) in [7, 11) is 1.55. The molecule has 0 atom stereocenters. The summed E-state index contributed by atoms with van der Waals surface area (Å²) < 4.78 is 48.2. The monoisotopic (exact) mass is 297 g/mol. The van der Waals surface area contributed by atoms with E-state index in [-0.39, 0.29) is 17.3 Å². The summed E-state index contributed by atoms with van der Waals surface area (Å²) >= 11 is 5.58. The summed E-state index contributed by atoms with van der Waals surface area (Å²) in [5, 5.41) is 2.73. The van der Waals surface area contributed by atoms with Crippen molar-refractivity contribution >= 4 is 17.3 Å². The number of hydrogen-bond donors (Lipinski definition) is 1. The van der Waals surface area contributed by atoms with Crippen molar-refractivity contribution in [2.24, 2.45) is 0 Å². The van der Waals surface area contributed by atoms with Crippen molar-refractivity contribution in [1.82, 2.24) is 0 Å². The molecule has 0 saturated carbocycles. The van der Waals surface area contributed by atoms with E-state index in [0.29, 0.717) is 19.8 Å². The van der Waals surface area contributed by atoms with E-state index in [1.165, 1.54) is 12.1 Å². The summed E-state index contributed by atoms with van der Waals surface area (Å²) in [4.78, 5) is 0. The molecule has 0 aliphatic carbocycles. The number of alkyl halides is 3. The van der Waals surface area contributed by atoms with Crippen LogP contribution in [0.4, 0.5) is 18.9 Å². The normalized spacial score (nSPS) is 11.6. The van der Waals surface area contributed by atoms with Gasteiger partial charge in [0.05, 0.1) is 25.4 Å². The first-order valence-electron chi connectivity index (χ1n) is 5.62. The summed E-state index contributed by atoms with van der Waals surface area (Å²) in [6.07, 6.45) is -4.44. The third-order valence-electron chi connectivity index (χ3n) is 2.28. The van der Waals surface area contributed by atoms with Gasteiger partial charge in [-0.25, -0.2) is 0 Å². The van der Waals surface area contributed by atoms with Gasteiger partial charge in [0.2, 0.25) is 0 Å². The van der Waals surface area contributed by atoms with Crippen LogP contribution in [0.25, 0.3) is 0 Å². The van der Waals surface area contributed by atoms with Crippen LogP contribution in [0.2, 0.25) is 5.02 Å². The lowest BCUT2D eigenvalue weighted by Crippen LogP contribution is -2.15. The molecule has 19 heavy (non-hydrogen) atoms. The van der Waals surface area contributed by atoms with E-state index >= 15 is 0 Å². The fraction of sp³-hybridized carbons (Fsp3) is 0.500. The van der Waals surface area contributed by atoms with Crippen molar-refractivity contribution in [3.8, 4) is 0 Å². The lowest BCUT2D eigenvalue weighted by molar-refractivity contribution is -0.136. The molecule has 0 heterocycles. The average molecular weight is 298 g/mol. The lowest BCUT2D eigenvalue weighted by Gasteiger charge is -2.15. The van der Waals surface area contributed by atoms with E-state index < -0.39 is 11.7 Å². The van der Waals surface area contributed by atoms with Crippen LogP contribution in [0.5, 0.6) is 0 Å². The summed E-state index contributed by atoms with van der Waals surface area (Å²) in [5.41, 5.74) is -0.788. The van der Waals surface area contributed by atoms with Crippen molar-refractivity contribution in [1.29, 1.82) is 0 Å². The Morgan fingerprint density at radius 3 is 2.58 bits per heavy atom. The van der Waals surface area contributed by atoms with Gasteiger partial charge in [-0.3, -0.25) is 0 Å². The number of anilines is 1. The van der Waals surface area contributed by atoms with Gasteiger partial charge in [0, 0.05) is 24.4 Å². The third-order valence-corrected chi connectivity index (χ3v) is 2.52. The molecule has 0 radical (unpaired) electrons. The van der Waals surface area contributed by atoms with Crippen molar-refractivity contribution in [2.45, 2.75) is 6.18 Å². The van der Waals surface area contributed by atoms with Crippen molar-refractivity contribution in [3.63, 3.8) is 0 Å². The highest BCUT2D eigenvalue weighted by molar-refractivity contribution is 6.30. The molecule has 108 valence electrons. The highest BCUT2D eigenvalue weighted by Gasteiger charge is 2.33. The maximum absolute atomic E-state index is 12.8. The zero-order valence-corrected chi connectivity index (χ0v) is 11.1. The first-order chi connectivity index (χ1) is 8.95. The predicted molar refractivity (Wildman–Crippen MR) is 67.6 cm³/mol. The van der Waals surface area contributed by atoms with Gasteiger partial charge in [0.25, 0.3) is 0 Å². The van der Waals surface area contributed by atoms with Gasteiger partial charge in [0.1, 0.15) is 0 Å². The van der Waals surface area contributed by atoms with Gasteiger partial charge in [0.15, 0.2) is 0 Å². The molecule has 0 amide bonds. The second kappa shape index (κ2) is 7.57. The van der Waals surface area contributed by atoms with Gasteiger partial charge in [-0.15, -0.1) is 0 Å². The molecule has 1 aromatic rings. The Balaban J connectivity index is 2.54. The zero-order chi connectivity index (χ0) is 14.3. The minimum Gasteiger partial charge on any atom is -0.382 e. The molecule has 0 fully saturated rings. The van der Waals surface area contributed by atoms with Crippen LogP contribution >= 0.6 is 11.6 Å². The second-order valence-electron chi connectivity index (χ2n) is 3.72. The minimum absolute atomic E-state index is 0.00718. The first-order valence-corrected chi connectivity index (χ1v) is 6.00. The lowest BCUT2D eigenvalue weighted by atomic mass is 10.1. The molecule has 1 aromatic carbocycles. The van der Waals surface area contributed by atoms with Crippen LogP contribution in [0.3, 0.4) is 0 Å². The SMILES string of the molecule is COCCOCCNc1ccc(Cl)cc1C(F)(F)F. The van der Waals surface area contributed by atoms with Crippen molar-refractivity contribution in [3.05, 3.63) is 28.8 Å². The quantitative estimate of drug-likeness (QED) is 0.782. The van der Waals surface area contributed by atoms with Gasteiger partial charge in [-0.1, -0.05) is 11.6 Å². The predicted octanol–water partition coefficient (Wildman–Crippen LogP) is 3.43. The van der Waals surface area contributed by atoms with Gasteiger partial charge in [-0.05, 0) is 18.2 Å². The van der Waals surface area contributed by atoms with E-state index in [0.717, 1.165) is 6.07 Å². The highest BCUT2D eigenvalue weighted by Crippen LogP contribution is 2.36. The number of ether oxygens (including phenoxy) is 2. The molecule has 1 rings (SSSR count). The largest absolute Gasteiger partial charge is 0.418 e. The Hall–Kier alpha value is -0.980. The molecular weight excluding hydrogens is 283 g/mol. The molecular formula is C12H15ClF3NO2. The van der Waals surface area contributed by atoms with Gasteiger partial charge >= 0.3 is 6.18 Å². The maximum atomic E-state index is 12.8. The Bertz CT molecular complexity index is 399. The topological polar surface area (TPSA) is 30.5 Å². The van der Waals surface area contributed by atoms with E-state index in [2.05, 4.69) is 5.32 Å². The zero-order valence-electron chi connectivity index (χ0n) is 10.4. The van der Waals surface area contributed by atoms with E-state index in [1.807, 2.05) is 0 Å². The maximum Gasteiger partial charge on any atom is 0.418 e. The minimum atomic E-state index is -4.44. The van der Waals surface area contributed by atoms with Crippen molar-refractivity contribution in [2.75, 3.05) is 38.8 Å². The Labute approximate surface area is 114 Å². The number of halogens is 4. The fourth-order valence-electron chi connectivity index (χ4n) is 1.41. The molecule has 0 spiro atoms. The Morgan fingerprint density at radius 2 is 1.95 bits per heavy atom. The molecule has 3 nitrogen and oxygen atoms in total. The van der Waals surface area contributed by atoms with Crippen LogP contribution < -0.4 is 5.32 Å². The number of rotatable bonds is 7. The van der Waals surface area contributed by atoms with Gasteiger partial charge < -0.3 is 14.8 Å². The Kier molecular flexibility index (Phi) is 6.41. The Morgan fingerprint density at radius 1 is 1.21 bits per heavy atom. The van der Waals surface area contributed by atoms with Crippen LogP contribution in [-0.4, -0.2) is 33.5 Å². The molecule has 0 aliphatic rings. The third kappa shape index (κ3) is 5.67. The smallest absolute Gasteiger partial charge is 0.382 e. The number of methoxy groups -OCH3 is 1. The number of nitrogens with one attached hydrogen (secondary N) is 1. The van der Waals surface area contributed by atoms with Crippen LogP contribution in [0.1, 0.15) is 5.56 Å². The second-order valence-corrected chi connectivity index (χ2v) is 4.16. The van der Waals surface area contributed by atoms with Gasteiger partial charge in [-0.2, -0.15) is 13.2 Å². The van der Waals surface area contributed by atoms with Crippen LogP contribution in [0, 0.1) is 0 Å². The van der Waals surface area contributed by atoms with Crippen LogP contribution in [0.15, 0.2) is 18.2 Å². The number of benzene rings is 1. The fourth-order valence-corrected chi connectivity index (χ4v) is 1.58. The number of hydrogen-bond acceptors (Lipinski definition) is 3. The first kappa shape index (κ1) is 16.1. The molecule has 7 heteroatoms. The summed E-state index contributed by atoms with van der Waals surface area (Å²) in [5.74, 6) is 0. The molecule has 1 N–H and O–H groups in total. The van der Waals surface area contributed by atoms with E-state index in [4.69, 9.17) is 21.1 Å². The molecule has 0 unspecified atom stereocenters.